The Hall–Kier alpha value is -3.22. The fourth-order valence-electron chi connectivity index (χ4n) is 4.17. The molecule has 1 aliphatic heterocycles. The highest BCUT2D eigenvalue weighted by Crippen LogP contribution is 2.29. The molecule has 3 heterocycles. The third kappa shape index (κ3) is 4.06. The van der Waals surface area contributed by atoms with Crippen LogP contribution in [0.2, 0.25) is 0 Å². The van der Waals surface area contributed by atoms with Gasteiger partial charge in [0.2, 0.25) is 5.91 Å². The third-order valence-corrected chi connectivity index (χ3v) is 5.56. The van der Waals surface area contributed by atoms with Crippen LogP contribution in [0.1, 0.15) is 55.3 Å². The molecule has 1 N–H and O–H groups in total. The summed E-state index contributed by atoms with van der Waals surface area (Å²) in [6.07, 6.45) is 5.55. The number of piperidine rings is 1. The van der Waals surface area contributed by atoms with E-state index < -0.39 is 0 Å². The molecule has 0 radical (unpaired) electrons. The Balaban J connectivity index is 1.46. The van der Waals surface area contributed by atoms with E-state index in [2.05, 4.69) is 21.8 Å². The standard InChI is InChI=1S/C23H27N5O2/c1-3-5-21-26-20-6-4-13-24-22(20)28(21)19-11-14-27(15-12-19)23(30)17-7-9-18(10-8-17)25-16(2)29/h4,6-10,13,19H,3,5,11-12,14-15H2,1-2H3,(H,25,29). The van der Waals surface area contributed by atoms with Crippen LogP contribution in [0.3, 0.4) is 0 Å². The molecule has 0 aliphatic carbocycles. The van der Waals surface area contributed by atoms with Gasteiger partial charge in [-0.1, -0.05) is 6.92 Å². The van der Waals surface area contributed by atoms with Crippen molar-refractivity contribution in [1.29, 1.82) is 0 Å². The van der Waals surface area contributed by atoms with E-state index in [0.29, 0.717) is 30.4 Å². The van der Waals surface area contributed by atoms with Gasteiger partial charge in [-0.15, -0.1) is 0 Å². The Morgan fingerprint density at radius 1 is 1.13 bits per heavy atom. The van der Waals surface area contributed by atoms with Crippen LogP contribution in [0.5, 0.6) is 0 Å². The highest BCUT2D eigenvalue weighted by Gasteiger charge is 2.27. The van der Waals surface area contributed by atoms with Crippen LogP contribution in [0.15, 0.2) is 42.6 Å². The number of benzene rings is 1. The summed E-state index contributed by atoms with van der Waals surface area (Å²) in [5.74, 6) is 0.995. The number of likely N-dealkylation sites (tertiary alicyclic amines) is 1. The van der Waals surface area contributed by atoms with Crippen LogP contribution in [-0.2, 0) is 11.2 Å². The van der Waals surface area contributed by atoms with E-state index in [1.165, 1.54) is 6.92 Å². The lowest BCUT2D eigenvalue weighted by molar-refractivity contribution is -0.114. The zero-order valence-corrected chi connectivity index (χ0v) is 17.5. The predicted molar refractivity (Wildman–Crippen MR) is 116 cm³/mol. The fraction of sp³-hybridized carbons (Fsp3) is 0.391. The van der Waals surface area contributed by atoms with Gasteiger partial charge in [0.1, 0.15) is 11.3 Å². The number of nitrogens with zero attached hydrogens (tertiary/aromatic N) is 4. The lowest BCUT2D eigenvalue weighted by Gasteiger charge is -2.33. The van der Waals surface area contributed by atoms with Crippen molar-refractivity contribution in [3.05, 3.63) is 54.0 Å². The molecule has 1 aliphatic rings. The zero-order valence-electron chi connectivity index (χ0n) is 17.5. The summed E-state index contributed by atoms with van der Waals surface area (Å²) < 4.78 is 2.29. The molecule has 1 saturated heterocycles. The molecule has 0 atom stereocenters. The van der Waals surface area contributed by atoms with E-state index in [1.54, 1.807) is 24.3 Å². The highest BCUT2D eigenvalue weighted by atomic mass is 16.2. The maximum atomic E-state index is 12.9. The molecule has 156 valence electrons. The molecule has 30 heavy (non-hydrogen) atoms. The molecule has 1 aromatic carbocycles. The Bertz CT molecular complexity index is 1050. The molecule has 0 unspecified atom stereocenters. The SMILES string of the molecule is CCCc1nc2cccnc2n1C1CCN(C(=O)c2ccc(NC(C)=O)cc2)CC1. The minimum absolute atomic E-state index is 0.0326. The number of rotatable bonds is 5. The Morgan fingerprint density at radius 3 is 2.53 bits per heavy atom. The van der Waals surface area contributed by atoms with Crippen LogP contribution in [0.25, 0.3) is 11.2 Å². The first-order chi connectivity index (χ1) is 14.6. The van der Waals surface area contributed by atoms with Crippen molar-refractivity contribution in [3.8, 4) is 0 Å². The largest absolute Gasteiger partial charge is 0.338 e. The number of hydrogen-bond acceptors (Lipinski definition) is 4. The van der Waals surface area contributed by atoms with Gasteiger partial charge in [0.25, 0.3) is 5.91 Å². The lowest BCUT2D eigenvalue weighted by Crippen LogP contribution is -2.39. The second kappa shape index (κ2) is 8.65. The lowest BCUT2D eigenvalue weighted by atomic mass is 10.0. The quantitative estimate of drug-likeness (QED) is 0.700. The number of hydrogen-bond donors (Lipinski definition) is 1. The molecule has 1 fully saturated rings. The van der Waals surface area contributed by atoms with E-state index in [9.17, 15) is 9.59 Å². The molecule has 7 nitrogen and oxygen atoms in total. The minimum Gasteiger partial charge on any atom is -0.338 e. The van der Waals surface area contributed by atoms with Crippen molar-refractivity contribution in [2.45, 2.75) is 45.6 Å². The summed E-state index contributed by atoms with van der Waals surface area (Å²) in [6, 6.07) is 11.3. The van der Waals surface area contributed by atoms with Crippen molar-refractivity contribution >= 4 is 28.7 Å². The second-order valence-corrected chi connectivity index (χ2v) is 7.78. The van der Waals surface area contributed by atoms with Gasteiger partial charge in [-0.3, -0.25) is 9.59 Å². The van der Waals surface area contributed by atoms with Gasteiger partial charge in [-0.05, 0) is 55.7 Å². The van der Waals surface area contributed by atoms with Crippen LogP contribution >= 0.6 is 0 Å². The molecule has 3 aromatic rings. The van der Waals surface area contributed by atoms with Crippen LogP contribution < -0.4 is 5.32 Å². The summed E-state index contributed by atoms with van der Waals surface area (Å²) in [5.41, 5.74) is 3.22. The van der Waals surface area contributed by atoms with Crippen molar-refractivity contribution in [2.24, 2.45) is 0 Å². The summed E-state index contributed by atoms with van der Waals surface area (Å²) in [6.45, 7) is 5.04. The number of nitrogens with one attached hydrogen (secondary N) is 1. The highest BCUT2D eigenvalue weighted by molar-refractivity contribution is 5.95. The zero-order chi connectivity index (χ0) is 21.1. The molecular formula is C23H27N5O2. The Kier molecular flexibility index (Phi) is 5.79. The number of fused-ring (bicyclic) bond motifs is 1. The van der Waals surface area contributed by atoms with E-state index >= 15 is 0 Å². The maximum absolute atomic E-state index is 12.9. The molecule has 2 amide bonds. The van der Waals surface area contributed by atoms with Gasteiger partial charge in [-0.2, -0.15) is 0 Å². The molecule has 7 heteroatoms. The van der Waals surface area contributed by atoms with Gasteiger partial charge in [0.15, 0.2) is 5.65 Å². The number of aromatic nitrogens is 3. The average Bonchev–Trinajstić information content (AvgIpc) is 3.12. The number of carbonyl (C=O) groups is 2. The second-order valence-electron chi connectivity index (χ2n) is 7.78. The molecule has 0 spiro atoms. The van der Waals surface area contributed by atoms with Gasteiger partial charge in [0, 0.05) is 49.9 Å². The molecule has 0 bridgehead atoms. The van der Waals surface area contributed by atoms with E-state index in [0.717, 1.165) is 42.7 Å². The molecular weight excluding hydrogens is 378 g/mol. The first-order valence-electron chi connectivity index (χ1n) is 10.6. The Morgan fingerprint density at radius 2 is 1.87 bits per heavy atom. The topological polar surface area (TPSA) is 80.1 Å². The van der Waals surface area contributed by atoms with Gasteiger partial charge in [-0.25, -0.2) is 9.97 Å². The smallest absolute Gasteiger partial charge is 0.253 e. The molecule has 2 aromatic heterocycles. The van der Waals surface area contributed by atoms with Crippen LogP contribution in [-0.4, -0.2) is 44.3 Å². The summed E-state index contributed by atoms with van der Waals surface area (Å²) in [5, 5.41) is 2.72. The summed E-state index contributed by atoms with van der Waals surface area (Å²) in [4.78, 5) is 35.4. The van der Waals surface area contributed by atoms with Crippen LogP contribution in [0, 0.1) is 0 Å². The van der Waals surface area contributed by atoms with E-state index in [1.807, 2.05) is 23.2 Å². The first kappa shape index (κ1) is 20.1. The number of amides is 2. The number of aryl methyl sites for hydroxylation is 1. The fourth-order valence-corrected chi connectivity index (χ4v) is 4.17. The number of pyridine rings is 1. The third-order valence-electron chi connectivity index (χ3n) is 5.56. The molecule has 0 saturated carbocycles. The predicted octanol–water partition coefficient (Wildman–Crippen LogP) is 3.82. The van der Waals surface area contributed by atoms with E-state index in [-0.39, 0.29) is 11.8 Å². The number of imidazole rings is 1. The van der Waals surface area contributed by atoms with Crippen molar-refractivity contribution in [3.63, 3.8) is 0 Å². The minimum atomic E-state index is -0.125. The first-order valence-corrected chi connectivity index (χ1v) is 10.6. The monoisotopic (exact) mass is 405 g/mol. The Labute approximate surface area is 176 Å². The average molecular weight is 406 g/mol. The van der Waals surface area contributed by atoms with Crippen LogP contribution in [0.4, 0.5) is 5.69 Å². The normalized spacial score (nSPS) is 14.8. The van der Waals surface area contributed by atoms with Crippen molar-refractivity contribution in [1.82, 2.24) is 19.4 Å². The summed E-state index contributed by atoms with van der Waals surface area (Å²) in [7, 11) is 0. The van der Waals surface area contributed by atoms with Crippen molar-refractivity contribution < 1.29 is 9.59 Å². The van der Waals surface area contributed by atoms with Crippen molar-refractivity contribution in [2.75, 3.05) is 18.4 Å². The van der Waals surface area contributed by atoms with Gasteiger partial charge >= 0.3 is 0 Å². The number of carbonyl (C=O) groups excluding carboxylic acids is 2. The van der Waals surface area contributed by atoms with E-state index in [4.69, 9.17) is 4.98 Å². The van der Waals surface area contributed by atoms with Gasteiger partial charge in [0.05, 0.1) is 0 Å². The maximum Gasteiger partial charge on any atom is 0.253 e. The summed E-state index contributed by atoms with van der Waals surface area (Å²) >= 11 is 0. The number of anilines is 1. The molecule has 4 rings (SSSR count). The van der Waals surface area contributed by atoms with Gasteiger partial charge < -0.3 is 14.8 Å².